The van der Waals surface area contributed by atoms with Crippen LogP contribution in [0.15, 0.2) is 30.3 Å². The van der Waals surface area contributed by atoms with Gasteiger partial charge in [0.1, 0.15) is 17.5 Å². The molecule has 1 aliphatic rings. The highest BCUT2D eigenvalue weighted by molar-refractivity contribution is 5.60. The number of aromatic nitrogens is 5. The van der Waals surface area contributed by atoms with Crippen molar-refractivity contribution >= 4 is 17.3 Å². The first kappa shape index (κ1) is 21.5. The van der Waals surface area contributed by atoms with Crippen LogP contribution in [-0.4, -0.2) is 56.0 Å². The van der Waals surface area contributed by atoms with Gasteiger partial charge in [-0.1, -0.05) is 6.07 Å². The van der Waals surface area contributed by atoms with Crippen molar-refractivity contribution in [3.05, 3.63) is 70.2 Å². The van der Waals surface area contributed by atoms with E-state index in [-0.39, 0.29) is 6.42 Å². The Kier molecular flexibility index (Phi) is 5.77. The Morgan fingerprint density at radius 3 is 2.64 bits per heavy atom. The molecule has 1 aromatic carbocycles. The van der Waals surface area contributed by atoms with E-state index >= 15 is 0 Å². The van der Waals surface area contributed by atoms with Crippen LogP contribution >= 0.6 is 0 Å². The normalized spacial score (nSPS) is 14.8. The van der Waals surface area contributed by atoms with Gasteiger partial charge in [0.05, 0.1) is 24.6 Å². The Hall–Kier alpha value is -3.37. The van der Waals surface area contributed by atoms with Crippen molar-refractivity contribution in [3.8, 4) is 0 Å². The molecular formula is C23H25F2N7O. The smallest absolute Gasteiger partial charge is 0.161 e. The number of nitrogens with zero attached hydrogens (tertiary/aromatic N) is 5. The molecule has 4 heterocycles. The van der Waals surface area contributed by atoms with Crippen molar-refractivity contribution in [2.24, 2.45) is 0 Å². The number of nitrogens with one attached hydrogen (secondary N) is 2. The number of benzene rings is 1. The standard InChI is InChI=1S/C23H25F2N7O/c1-14-9-22(29-28-14)26-21-12-18(13-31-5-7-33-8-6-31)32-23(27-21)19(15(2)30-32)10-16-3-4-17(24)11-20(16)25/h3-4,9,11-12H,5-8,10,13H2,1-2H3,(H2,26,27,28,29). The highest BCUT2D eigenvalue weighted by Crippen LogP contribution is 2.25. The zero-order valence-corrected chi connectivity index (χ0v) is 18.5. The van der Waals surface area contributed by atoms with Crippen molar-refractivity contribution in [1.82, 2.24) is 29.7 Å². The van der Waals surface area contributed by atoms with E-state index in [0.717, 1.165) is 41.8 Å². The summed E-state index contributed by atoms with van der Waals surface area (Å²) < 4.78 is 35.1. The van der Waals surface area contributed by atoms with E-state index in [4.69, 9.17) is 14.8 Å². The van der Waals surface area contributed by atoms with Crippen molar-refractivity contribution in [2.45, 2.75) is 26.8 Å². The maximum atomic E-state index is 14.4. The van der Waals surface area contributed by atoms with Gasteiger partial charge in [0.15, 0.2) is 11.5 Å². The number of ether oxygens (including phenoxy) is 1. The molecule has 0 saturated carbocycles. The maximum absolute atomic E-state index is 14.4. The Balaban J connectivity index is 1.57. The zero-order valence-electron chi connectivity index (χ0n) is 18.5. The fraction of sp³-hybridized carbons (Fsp3) is 0.348. The third kappa shape index (κ3) is 4.57. The van der Waals surface area contributed by atoms with Crippen LogP contribution in [-0.2, 0) is 17.7 Å². The minimum atomic E-state index is -0.598. The van der Waals surface area contributed by atoms with Gasteiger partial charge >= 0.3 is 0 Å². The van der Waals surface area contributed by atoms with Gasteiger partial charge in [-0.3, -0.25) is 10.00 Å². The summed E-state index contributed by atoms with van der Waals surface area (Å²) in [6, 6.07) is 7.49. The van der Waals surface area contributed by atoms with Crippen molar-refractivity contribution in [1.29, 1.82) is 0 Å². The molecule has 0 unspecified atom stereocenters. The number of halogens is 2. The van der Waals surface area contributed by atoms with Crippen LogP contribution in [0.3, 0.4) is 0 Å². The Bertz CT molecular complexity index is 1290. The molecule has 1 saturated heterocycles. The number of hydrogen-bond donors (Lipinski definition) is 2. The second kappa shape index (κ2) is 8.87. The van der Waals surface area contributed by atoms with Crippen LogP contribution in [0, 0.1) is 25.5 Å². The van der Waals surface area contributed by atoms with Crippen LogP contribution < -0.4 is 5.32 Å². The zero-order chi connectivity index (χ0) is 22.9. The van der Waals surface area contributed by atoms with E-state index in [1.807, 2.05) is 30.5 Å². The molecule has 172 valence electrons. The quantitative estimate of drug-likeness (QED) is 0.465. The van der Waals surface area contributed by atoms with Gasteiger partial charge < -0.3 is 10.1 Å². The number of aryl methyl sites for hydroxylation is 2. The Labute approximate surface area is 189 Å². The summed E-state index contributed by atoms with van der Waals surface area (Å²) >= 11 is 0. The fourth-order valence-corrected chi connectivity index (χ4v) is 4.07. The molecule has 0 radical (unpaired) electrons. The number of rotatable bonds is 6. The lowest BCUT2D eigenvalue weighted by atomic mass is 10.0. The van der Waals surface area contributed by atoms with E-state index in [1.165, 1.54) is 12.1 Å². The van der Waals surface area contributed by atoms with Gasteiger partial charge in [0, 0.05) is 55.5 Å². The van der Waals surface area contributed by atoms with Crippen LogP contribution in [0.5, 0.6) is 0 Å². The van der Waals surface area contributed by atoms with E-state index in [0.29, 0.717) is 42.6 Å². The third-order valence-corrected chi connectivity index (χ3v) is 5.79. The third-order valence-electron chi connectivity index (χ3n) is 5.79. The highest BCUT2D eigenvalue weighted by atomic mass is 19.1. The van der Waals surface area contributed by atoms with Gasteiger partial charge in [-0.05, 0) is 25.5 Å². The molecule has 3 aromatic heterocycles. The minimum absolute atomic E-state index is 0.260. The molecule has 0 aliphatic carbocycles. The first-order valence-electron chi connectivity index (χ1n) is 10.9. The number of H-pyrrole nitrogens is 1. The van der Waals surface area contributed by atoms with Crippen LogP contribution in [0.1, 0.15) is 28.2 Å². The molecule has 0 spiro atoms. The summed E-state index contributed by atoms with van der Waals surface area (Å²) in [7, 11) is 0. The van der Waals surface area contributed by atoms with E-state index in [1.54, 1.807) is 0 Å². The first-order chi connectivity index (χ1) is 16.0. The van der Waals surface area contributed by atoms with Crippen LogP contribution in [0.4, 0.5) is 20.4 Å². The summed E-state index contributed by atoms with van der Waals surface area (Å²) in [4.78, 5) is 7.10. The van der Waals surface area contributed by atoms with Gasteiger partial charge in [-0.2, -0.15) is 10.2 Å². The largest absolute Gasteiger partial charge is 0.379 e. The van der Waals surface area contributed by atoms with E-state index < -0.39 is 11.6 Å². The monoisotopic (exact) mass is 453 g/mol. The van der Waals surface area contributed by atoms with Crippen LogP contribution in [0.25, 0.3) is 5.65 Å². The fourth-order valence-electron chi connectivity index (χ4n) is 4.07. The molecule has 33 heavy (non-hydrogen) atoms. The summed E-state index contributed by atoms with van der Waals surface area (Å²) in [6.07, 6.45) is 0.260. The maximum Gasteiger partial charge on any atom is 0.161 e. The number of anilines is 2. The number of aromatic amines is 1. The molecule has 1 fully saturated rings. The highest BCUT2D eigenvalue weighted by Gasteiger charge is 2.20. The molecule has 2 N–H and O–H groups in total. The Morgan fingerprint density at radius 1 is 1.09 bits per heavy atom. The van der Waals surface area contributed by atoms with Crippen LogP contribution in [0.2, 0.25) is 0 Å². The van der Waals surface area contributed by atoms with Gasteiger partial charge in [-0.25, -0.2) is 18.3 Å². The summed E-state index contributed by atoms with van der Waals surface area (Å²) in [5, 5.41) is 15.1. The second-order valence-corrected chi connectivity index (χ2v) is 8.29. The molecule has 0 amide bonds. The van der Waals surface area contributed by atoms with Crippen molar-refractivity contribution in [2.75, 3.05) is 31.6 Å². The topological polar surface area (TPSA) is 83.4 Å². The number of hydrogen-bond acceptors (Lipinski definition) is 6. The summed E-state index contributed by atoms with van der Waals surface area (Å²) in [5.41, 5.74) is 4.46. The van der Waals surface area contributed by atoms with E-state index in [9.17, 15) is 8.78 Å². The molecule has 0 atom stereocenters. The Morgan fingerprint density at radius 2 is 1.91 bits per heavy atom. The molecule has 0 bridgehead atoms. The first-order valence-corrected chi connectivity index (χ1v) is 10.9. The van der Waals surface area contributed by atoms with Gasteiger partial charge in [-0.15, -0.1) is 0 Å². The average molecular weight is 453 g/mol. The summed E-state index contributed by atoms with van der Waals surface area (Å²) in [6.45, 7) is 7.53. The lowest BCUT2D eigenvalue weighted by Gasteiger charge is -2.26. The molecule has 4 aromatic rings. The summed E-state index contributed by atoms with van der Waals surface area (Å²) in [5.74, 6) is 0.102. The van der Waals surface area contributed by atoms with Crippen molar-refractivity contribution < 1.29 is 13.5 Å². The van der Waals surface area contributed by atoms with Gasteiger partial charge in [0.25, 0.3) is 0 Å². The predicted molar refractivity (Wildman–Crippen MR) is 120 cm³/mol. The minimum Gasteiger partial charge on any atom is -0.379 e. The lowest BCUT2D eigenvalue weighted by Crippen LogP contribution is -2.36. The van der Waals surface area contributed by atoms with Gasteiger partial charge in [0.2, 0.25) is 0 Å². The van der Waals surface area contributed by atoms with Crippen molar-refractivity contribution in [3.63, 3.8) is 0 Å². The molecule has 10 heteroatoms. The molecule has 5 rings (SSSR count). The van der Waals surface area contributed by atoms with E-state index in [2.05, 4.69) is 20.4 Å². The second-order valence-electron chi connectivity index (χ2n) is 8.29. The number of morpholine rings is 1. The molecular weight excluding hydrogens is 428 g/mol. The predicted octanol–water partition coefficient (Wildman–Crippen LogP) is 3.51. The average Bonchev–Trinajstić information content (AvgIpc) is 3.33. The lowest BCUT2D eigenvalue weighted by molar-refractivity contribution is 0.0334. The molecule has 8 nitrogen and oxygen atoms in total. The number of fused-ring (bicyclic) bond motifs is 1. The SMILES string of the molecule is Cc1cc(Nc2cc(CN3CCOCC3)n3nc(C)c(Cc4ccc(F)cc4F)c3n2)n[nH]1. The molecule has 1 aliphatic heterocycles.